The van der Waals surface area contributed by atoms with Crippen molar-refractivity contribution in [2.45, 2.75) is 9.79 Å². The lowest BCUT2D eigenvalue weighted by Crippen LogP contribution is -2.32. The standard InChI is InChI=1S/C24H19N3O2S/c28-23(16-26-24(29)22-10-3-6-17-5-1-2-9-21(17)22)27-18-7-4-8-20(15-18)30-19-11-13-25-14-12-19/h1-15H,16H2,(H,26,29)(H,27,28). The molecule has 1 aromatic heterocycles. The molecule has 0 radical (unpaired) electrons. The third-order valence-electron chi connectivity index (χ3n) is 4.45. The fourth-order valence-corrected chi connectivity index (χ4v) is 3.93. The van der Waals surface area contributed by atoms with E-state index in [4.69, 9.17) is 0 Å². The highest BCUT2D eigenvalue weighted by Gasteiger charge is 2.11. The van der Waals surface area contributed by atoms with Crippen LogP contribution in [0.3, 0.4) is 0 Å². The van der Waals surface area contributed by atoms with Crippen LogP contribution in [0, 0.1) is 0 Å². The third kappa shape index (κ3) is 4.85. The van der Waals surface area contributed by atoms with Gasteiger partial charge in [-0.25, -0.2) is 0 Å². The number of nitrogens with one attached hydrogen (secondary N) is 2. The summed E-state index contributed by atoms with van der Waals surface area (Å²) in [6.45, 7) is -0.107. The van der Waals surface area contributed by atoms with Crippen molar-refractivity contribution in [3.63, 3.8) is 0 Å². The van der Waals surface area contributed by atoms with Crippen molar-refractivity contribution in [3.8, 4) is 0 Å². The second kappa shape index (κ2) is 9.24. The molecule has 4 aromatic rings. The maximum absolute atomic E-state index is 12.6. The lowest BCUT2D eigenvalue weighted by atomic mass is 10.0. The van der Waals surface area contributed by atoms with Gasteiger partial charge >= 0.3 is 0 Å². The van der Waals surface area contributed by atoms with Crippen LogP contribution in [-0.4, -0.2) is 23.3 Å². The van der Waals surface area contributed by atoms with E-state index in [0.29, 0.717) is 11.3 Å². The minimum atomic E-state index is -0.283. The Bertz CT molecular complexity index is 1190. The van der Waals surface area contributed by atoms with Crippen molar-refractivity contribution >= 4 is 40.0 Å². The predicted molar refractivity (Wildman–Crippen MR) is 120 cm³/mol. The molecule has 0 saturated heterocycles. The summed E-state index contributed by atoms with van der Waals surface area (Å²) in [7, 11) is 0. The van der Waals surface area contributed by atoms with Gasteiger partial charge in [0.2, 0.25) is 5.91 Å². The fraction of sp³-hybridized carbons (Fsp3) is 0.0417. The first-order chi connectivity index (χ1) is 14.7. The summed E-state index contributed by atoms with van der Waals surface area (Å²) < 4.78 is 0. The number of carbonyl (C=O) groups excluding carboxylic acids is 2. The van der Waals surface area contributed by atoms with Gasteiger partial charge in [-0.3, -0.25) is 14.6 Å². The molecule has 4 rings (SSSR count). The van der Waals surface area contributed by atoms with E-state index in [1.54, 1.807) is 30.2 Å². The van der Waals surface area contributed by atoms with Crippen LogP contribution >= 0.6 is 11.8 Å². The fourth-order valence-electron chi connectivity index (χ4n) is 3.06. The molecule has 0 bridgehead atoms. The van der Waals surface area contributed by atoms with Gasteiger partial charge in [0.15, 0.2) is 0 Å². The van der Waals surface area contributed by atoms with Crippen LogP contribution in [0.5, 0.6) is 0 Å². The normalized spacial score (nSPS) is 10.5. The molecule has 0 saturated carbocycles. The molecule has 0 fully saturated rings. The highest BCUT2D eigenvalue weighted by atomic mass is 32.2. The van der Waals surface area contributed by atoms with E-state index in [2.05, 4.69) is 15.6 Å². The minimum absolute atomic E-state index is 0.107. The predicted octanol–water partition coefficient (Wildman–Crippen LogP) is 4.75. The molecular weight excluding hydrogens is 394 g/mol. The van der Waals surface area contributed by atoms with Crippen LogP contribution in [-0.2, 0) is 4.79 Å². The van der Waals surface area contributed by atoms with Gasteiger partial charge < -0.3 is 10.6 Å². The Morgan fingerprint density at radius 3 is 2.47 bits per heavy atom. The smallest absolute Gasteiger partial charge is 0.252 e. The van der Waals surface area contributed by atoms with Crippen LogP contribution in [0.2, 0.25) is 0 Å². The molecule has 0 atom stereocenters. The highest BCUT2D eigenvalue weighted by molar-refractivity contribution is 7.99. The second-order valence-electron chi connectivity index (χ2n) is 6.57. The molecule has 2 N–H and O–H groups in total. The number of fused-ring (bicyclic) bond motifs is 1. The summed E-state index contributed by atoms with van der Waals surface area (Å²) >= 11 is 1.58. The average Bonchev–Trinajstić information content (AvgIpc) is 2.78. The molecule has 148 valence electrons. The van der Waals surface area contributed by atoms with E-state index in [1.165, 1.54) is 0 Å². The largest absolute Gasteiger partial charge is 0.343 e. The second-order valence-corrected chi connectivity index (χ2v) is 7.72. The summed E-state index contributed by atoms with van der Waals surface area (Å²) in [6, 6.07) is 24.7. The Morgan fingerprint density at radius 1 is 0.833 bits per heavy atom. The van der Waals surface area contributed by atoms with Crippen LogP contribution < -0.4 is 10.6 Å². The van der Waals surface area contributed by atoms with Crippen LogP contribution in [0.25, 0.3) is 10.8 Å². The number of amides is 2. The first-order valence-electron chi connectivity index (χ1n) is 9.43. The van der Waals surface area contributed by atoms with Crippen LogP contribution in [0.15, 0.2) is 101 Å². The number of hydrogen-bond acceptors (Lipinski definition) is 4. The zero-order valence-corrected chi connectivity index (χ0v) is 16.9. The molecule has 0 aliphatic rings. The van der Waals surface area contributed by atoms with Crippen molar-refractivity contribution in [3.05, 3.63) is 96.8 Å². The number of benzene rings is 3. The number of hydrogen-bond donors (Lipinski definition) is 2. The van der Waals surface area contributed by atoms with Crippen molar-refractivity contribution in [2.24, 2.45) is 0 Å². The topological polar surface area (TPSA) is 71.1 Å². The van der Waals surface area contributed by atoms with Gasteiger partial charge in [-0.1, -0.05) is 54.2 Å². The van der Waals surface area contributed by atoms with Gasteiger partial charge in [0.25, 0.3) is 5.91 Å². The number of anilines is 1. The van der Waals surface area contributed by atoms with Crippen LogP contribution in [0.4, 0.5) is 5.69 Å². The first-order valence-corrected chi connectivity index (χ1v) is 10.2. The lowest BCUT2D eigenvalue weighted by molar-refractivity contribution is -0.115. The number of rotatable bonds is 6. The number of pyridine rings is 1. The molecule has 30 heavy (non-hydrogen) atoms. The van der Waals surface area contributed by atoms with Crippen molar-refractivity contribution in [2.75, 3.05) is 11.9 Å². The molecule has 6 heteroatoms. The average molecular weight is 414 g/mol. The van der Waals surface area contributed by atoms with E-state index in [0.717, 1.165) is 20.6 Å². The molecular formula is C24H19N3O2S. The van der Waals surface area contributed by atoms with Crippen molar-refractivity contribution < 1.29 is 9.59 Å². The summed E-state index contributed by atoms with van der Waals surface area (Å²) in [5.41, 5.74) is 1.23. The van der Waals surface area contributed by atoms with Gasteiger partial charge in [-0.15, -0.1) is 0 Å². The Hall–Kier alpha value is -3.64. The van der Waals surface area contributed by atoms with E-state index >= 15 is 0 Å². The van der Waals surface area contributed by atoms with E-state index in [1.807, 2.05) is 72.8 Å². The van der Waals surface area contributed by atoms with E-state index in [9.17, 15) is 9.59 Å². The Labute approximate surface area is 178 Å². The molecule has 0 aliphatic carbocycles. The minimum Gasteiger partial charge on any atom is -0.343 e. The molecule has 0 spiro atoms. The Balaban J connectivity index is 1.37. The molecule has 0 aliphatic heterocycles. The van der Waals surface area contributed by atoms with Crippen molar-refractivity contribution in [1.29, 1.82) is 0 Å². The summed E-state index contributed by atoms with van der Waals surface area (Å²) in [6.07, 6.45) is 3.49. The molecule has 5 nitrogen and oxygen atoms in total. The third-order valence-corrected chi connectivity index (χ3v) is 5.44. The van der Waals surface area contributed by atoms with Gasteiger partial charge in [0.05, 0.1) is 6.54 Å². The SMILES string of the molecule is O=C(CNC(=O)c1cccc2ccccc12)Nc1cccc(Sc2ccncc2)c1. The number of carbonyl (C=O) groups is 2. The van der Waals surface area contributed by atoms with E-state index in [-0.39, 0.29) is 18.4 Å². The summed E-state index contributed by atoms with van der Waals surface area (Å²) in [5.74, 6) is -0.557. The summed E-state index contributed by atoms with van der Waals surface area (Å²) in [4.78, 5) is 31.0. The van der Waals surface area contributed by atoms with Gasteiger partial charge in [0, 0.05) is 33.4 Å². The van der Waals surface area contributed by atoms with Gasteiger partial charge in [-0.05, 0) is 47.2 Å². The number of aromatic nitrogens is 1. The zero-order chi connectivity index (χ0) is 20.8. The van der Waals surface area contributed by atoms with E-state index < -0.39 is 0 Å². The van der Waals surface area contributed by atoms with Crippen LogP contribution in [0.1, 0.15) is 10.4 Å². The molecule has 2 amide bonds. The molecule has 0 unspecified atom stereocenters. The Kier molecular flexibility index (Phi) is 6.06. The van der Waals surface area contributed by atoms with Gasteiger partial charge in [-0.2, -0.15) is 0 Å². The molecule has 1 heterocycles. The monoisotopic (exact) mass is 413 g/mol. The van der Waals surface area contributed by atoms with Gasteiger partial charge in [0.1, 0.15) is 0 Å². The first kappa shape index (κ1) is 19.7. The summed E-state index contributed by atoms with van der Waals surface area (Å²) in [5, 5.41) is 7.38. The lowest BCUT2D eigenvalue weighted by Gasteiger charge is -2.10. The quantitative estimate of drug-likeness (QED) is 0.478. The highest BCUT2D eigenvalue weighted by Crippen LogP contribution is 2.28. The van der Waals surface area contributed by atoms with Crippen molar-refractivity contribution in [1.82, 2.24) is 10.3 Å². The Morgan fingerprint density at radius 2 is 1.60 bits per heavy atom. The molecule has 3 aromatic carbocycles. The maximum Gasteiger partial charge on any atom is 0.252 e. The maximum atomic E-state index is 12.6. The number of nitrogens with zero attached hydrogens (tertiary/aromatic N) is 1. The zero-order valence-electron chi connectivity index (χ0n) is 16.0.